The van der Waals surface area contributed by atoms with Crippen LogP contribution in [0.25, 0.3) is 0 Å². The van der Waals surface area contributed by atoms with Crippen molar-refractivity contribution in [1.82, 2.24) is 0 Å². The fourth-order valence-electron chi connectivity index (χ4n) is 0.875. The lowest BCUT2D eigenvalue weighted by atomic mass is 10.4. The molecule has 0 nitrogen and oxygen atoms in total. The molecule has 1 aromatic carbocycles. The van der Waals surface area contributed by atoms with E-state index in [1.54, 1.807) is 0 Å². The first-order valence-electron chi connectivity index (χ1n) is 3.48. The Labute approximate surface area is 87.9 Å². The van der Waals surface area contributed by atoms with E-state index >= 15 is 0 Å². The van der Waals surface area contributed by atoms with Gasteiger partial charge in [-0.25, -0.2) is 0 Å². The molecule has 0 aliphatic carbocycles. The zero-order chi connectivity index (χ0) is 7.61. The smallest absolute Gasteiger partial charge is 0.0930 e. The quantitative estimate of drug-likeness (QED) is 0.645. The van der Waals surface area contributed by atoms with Gasteiger partial charge in [-0.3, -0.25) is 0 Å². The van der Waals surface area contributed by atoms with Crippen LogP contribution >= 0.6 is 32.1 Å². The maximum Gasteiger partial charge on any atom is 0.0930 e. The molecular formula is C9H16Cl2P+. The molecular weight excluding hydrogens is 210 g/mol. The third kappa shape index (κ3) is 4.30. The molecule has 0 saturated heterocycles. The van der Waals surface area contributed by atoms with Crippen molar-refractivity contribution in [3.05, 3.63) is 30.3 Å². The van der Waals surface area contributed by atoms with Crippen LogP contribution in [0.15, 0.2) is 30.3 Å². The molecule has 0 aliphatic rings. The van der Waals surface area contributed by atoms with E-state index in [0.717, 1.165) is 0 Å². The summed E-state index contributed by atoms with van der Waals surface area (Å²) in [6, 6.07) is 10.7. The van der Waals surface area contributed by atoms with E-state index in [1.165, 1.54) is 5.30 Å². The zero-order valence-electron chi connectivity index (χ0n) is 7.65. The van der Waals surface area contributed by atoms with Gasteiger partial charge >= 0.3 is 0 Å². The lowest BCUT2D eigenvalue weighted by Crippen LogP contribution is -2.05. The SMILES string of the molecule is C[P+](C)(C)c1ccccc1.Cl.Cl. The Morgan fingerprint density at radius 2 is 1.25 bits per heavy atom. The van der Waals surface area contributed by atoms with Crippen molar-refractivity contribution in [1.29, 1.82) is 0 Å². The van der Waals surface area contributed by atoms with Crippen LogP contribution in [0.1, 0.15) is 0 Å². The zero-order valence-corrected chi connectivity index (χ0v) is 10.2. The first-order valence-corrected chi connectivity index (χ1v) is 6.61. The van der Waals surface area contributed by atoms with Gasteiger partial charge in [0.05, 0.1) is 25.3 Å². The highest BCUT2D eigenvalue weighted by Gasteiger charge is 2.19. The Morgan fingerprint density at radius 3 is 1.50 bits per heavy atom. The highest BCUT2D eigenvalue weighted by Crippen LogP contribution is 2.44. The molecule has 0 N–H and O–H groups in total. The average molecular weight is 226 g/mol. The number of hydrogen-bond acceptors (Lipinski definition) is 0. The Morgan fingerprint density at radius 1 is 0.833 bits per heavy atom. The minimum atomic E-state index is -0.768. The molecule has 3 heteroatoms. The van der Waals surface area contributed by atoms with Crippen molar-refractivity contribution >= 4 is 37.4 Å². The average Bonchev–Trinajstić information content (AvgIpc) is 1.88. The van der Waals surface area contributed by atoms with E-state index in [1.807, 2.05) is 0 Å². The minimum absolute atomic E-state index is 0. The highest BCUT2D eigenvalue weighted by atomic mass is 35.5. The molecule has 0 fully saturated rings. The van der Waals surface area contributed by atoms with Crippen LogP contribution in [0.2, 0.25) is 0 Å². The van der Waals surface area contributed by atoms with Gasteiger partial charge in [0.2, 0.25) is 0 Å². The summed E-state index contributed by atoms with van der Waals surface area (Å²) < 4.78 is 0. The van der Waals surface area contributed by atoms with Crippen LogP contribution in [0.3, 0.4) is 0 Å². The van der Waals surface area contributed by atoms with Crippen LogP contribution in [0, 0.1) is 0 Å². The number of rotatable bonds is 1. The van der Waals surface area contributed by atoms with Gasteiger partial charge in [-0.15, -0.1) is 24.8 Å². The molecule has 1 aromatic rings. The molecule has 0 unspecified atom stereocenters. The third-order valence-corrected chi connectivity index (χ3v) is 3.38. The highest BCUT2D eigenvalue weighted by molar-refractivity contribution is 7.80. The third-order valence-electron chi connectivity index (χ3n) is 1.53. The molecule has 0 aliphatic heterocycles. The van der Waals surface area contributed by atoms with Gasteiger partial charge in [0.25, 0.3) is 0 Å². The normalized spacial score (nSPS) is 9.58. The summed E-state index contributed by atoms with van der Waals surface area (Å²) in [7, 11) is -0.768. The van der Waals surface area contributed by atoms with Gasteiger partial charge < -0.3 is 0 Å². The molecule has 0 amide bonds. The second kappa shape index (κ2) is 5.80. The molecule has 1 rings (SSSR count). The van der Waals surface area contributed by atoms with Gasteiger partial charge in [0.1, 0.15) is 0 Å². The summed E-state index contributed by atoms with van der Waals surface area (Å²) in [4.78, 5) is 0. The Kier molecular flexibility index (Phi) is 7.13. The van der Waals surface area contributed by atoms with Crippen molar-refractivity contribution in [2.45, 2.75) is 0 Å². The summed E-state index contributed by atoms with van der Waals surface area (Å²) in [5, 5.41) is 1.51. The predicted molar refractivity (Wildman–Crippen MR) is 65.3 cm³/mol. The van der Waals surface area contributed by atoms with Crippen molar-refractivity contribution in [2.24, 2.45) is 0 Å². The van der Waals surface area contributed by atoms with E-state index in [9.17, 15) is 0 Å². The summed E-state index contributed by atoms with van der Waals surface area (Å²) in [6.45, 7) is 7.01. The van der Waals surface area contributed by atoms with Gasteiger partial charge in [-0.2, -0.15) is 0 Å². The van der Waals surface area contributed by atoms with E-state index in [-0.39, 0.29) is 24.8 Å². The summed E-state index contributed by atoms with van der Waals surface area (Å²) in [5.74, 6) is 0. The first-order chi connectivity index (χ1) is 4.61. The van der Waals surface area contributed by atoms with Crippen LogP contribution in [-0.4, -0.2) is 20.0 Å². The van der Waals surface area contributed by atoms with Gasteiger partial charge in [0, 0.05) is 7.26 Å². The Balaban J connectivity index is 0. The van der Waals surface area contributed by atoms with E-state index in [2.05, 4.69) is 50.3 Å². The molecule has 0 spiro atoms. The van der Waals surface area contributed by atoms with Crippen molar-refractivity contribution in [2.75, 3.05) is 20.0 Å². The predicted octanol–water partition coefficient (Wildman–Crippen LogP) is 3.06. The van der Waals surface area contributed by atoms with Gasteiger partial charge in [0.15, 0.2) is 0 Å². The lowest BCUT2D eigenvalue weighted by molar-refractivity contribution is 1.75. The van der Waals surface area contributed by atoms with Crippen LogP contribution in [0.4, 0.5) is 0 Å². The maximum absolute atomic E-state index is 2.34. The topological polar surface area (TPSA) is 0 Å². The largest absolute Gasteiger partial charge is 0.147 e. The van der Waals surface area contributed by atoms with Crippen LogP contribution in [-0.2, 0) is 0 Å². The van der Waals surface area contributed by atoms with E-state index in [4.69, 9.17) is 0 Å². The molecule has 0 radical (unpaired) electrons. The van der Waals surface area contributed by atoms with Crippen molar-refractivity contribution < 1.29 is 0 Å². The fourth-order valence-corrected chi connectivity index (χ4v) is 1.94. The molecule has 12 heavy (non-hydrogen) atoms. The first kappa shape index (κ1) is 14.7. The minimum Gasteiger partial charge on any atom is -0.147 e. The summed E-state index contributed by atoms with van der Waals surface area (Å²) in [5.41, 5.74) is 0. The van der Waals surface area contributed by atoms with Gasteiger partial charge in [-0.05, 0) is 12.1 Å². The summed E-state index contributed by atoms with van der Waals surface area (Å²) >= 11 is 0. The maximum atomic E-state index is 2.34. The molecule has 0 saturated carbocycles. The number of halogens is 2. The number of benzene rings is 1. The molecule has 0 aromatic heterocycles. The Hall–Kier alpha value is 0.230. The monoisotopic (exact) mass is 225 g/mol. The molecule has 70 valence electrons. The fraction of sp³-hybridized carbons (Fsp3) is 0.333. The lowest BCUT2D eigenvalue weighted by Gasteiger charge is -2.10. The van der Waals surface area contributed by atoms with Crippen molar-refractivity contribution in [3.63, 3.8) is 0 Å². The molecule has 0 atom stereocenters. The van der Waals surface area contributed by atoms with Crippen molar-refractivity contribution in [3.8, 4) is 0 Å². The second-order valence-electron chi connectivity index (χ2n) is 3.35. The van der Waals surface area contributed by atoms with E-state index in [0.29, 0.717) is 0 Å². The molecule has 0 heterocycles. The Bertz CT molecular complexity index is 204. The summed E-state index contributed by atoms with van der Waals surface area (Å²) in [6.07, 6.45) is 0. The molecule has 0 bridgehead atoms. The second-order valence-corrected chi connectivity index (χ2v) is 7.89. The van der Waals surface area contributed by atoms with Crippen LogP contribution in [0.5, 0.6) is 0 Å². The van der Waals surface area contributed by atoms with Crippen LogP contribution < -0.4 is 5.30 Å². The van der Waals surface area contributed by atoms with Gasteiger partial charge in [-0.1, -0.05) is 18.2 Å². The van der Waals surface area contributed by atoms with E-state index < -0.39 is 7.26 Å². The standard InChI is InChI=1S/C9H14P.2ClH/c1-10(2,3)9-7-5-4-6-8-9;;/h4-8H,1-3H3;2*1H/q+1;;. The number of hydrogen-bond donors (Lipinski definition) is 0.